The lowest BCUT2D eigenvalue weighted by atomic mass is 9.98. The van der Waals surface area contributed by atoms with E-state index in [1.165, 1.54) is 16.6 Å². The summed E-state index contributed by atoms with van der Waals surface area (Å²) < 4.78 is 27.7. The maximum Gasteiger partial charge on any atom is 0.270 e. The van der Waals surface area contributed by atoms with Crippen molar-refractivity contribution >= 4 is 21.8 Å². The Bertz CT molecular complexity index is 1070. The number of rotatable bonds is 6. The van der Waals surface area contributed by atoms with Crippen LogP contribution in [-0.2, 0) is 21.4 Å². The smallest absolute Gasteiger partial charge is 0.270 e. The SMILES string of the molecule is Cc1ccc(CNC(=O)[C@@H]2CCCN(S(=O)(=O)c3c[nH]c(C(=O)N4CCCC4)c3)C2)cc1. The number of hydrogen-bond donors (Lipinski definition) is 2. The molecule has 0 unspecified atom stereocenters. The van der Waals surface area contributed by atoms with E-state index in [9.17, 15) is 18.0 Å². The number of aromatic nitrogens is 1. The lowest BCUT2D eigenvalue weighted by Gasteiger charge is -2.31. The first-order valence-electron chi connectivity index (χ1n) is 11.2. The van der Waals surface area contributed by atoms with Crippen LogP contribution in [0.3, 0.4) is 0 Å². The lowest BCUT2D eigenvalue weighted by Crippen LogP contribution is -2.45. The first-order valence-corrected chi connectivity index (χ1v) is 12.6. The van der Waals surface area contributed by atoms with Gasteiger partial charge in [0.1, 0.15) is 10.6 Å². The van der Waals surface area contributed by atoms with Crippen LogP contribution in [0.4, 0.5) is 0 Å². The van der Waals surface area contributed by atoms with Gasteiger partial charge in [0.25, 0.3) is 5.91 Å². The fraction of sp³-hybridized carbons (Fsp3) is 0.478. The summed E-state index contributed by atoms with van der Waals surface area (Å²) in [6.07, 6.45) is 4.58. The molecule has 1 aromatic heterocycles. The molecule has 2 aromatic rings. The van der Waals surface area contributed by atoms with Gasteiger partial charge in [-0.15, -0.1) is 0 Å². The second kappa shape index (κ2) is 9.46. The van der Waals surface area contributed by atoms with Crippen LogP contribution in [0.2, 0.25) is 0 Å². The number of piperidine rings is 1. The maximum atomic E-state index is 13.2. The third-order valence-corrected chi connectivity index (χ3v) is 8.10. The molecule has 2 fully saturated rings. The van der Waals surface area contributed by atoms with Gasteiger partial charge in [-0.1, -0.05) is 29.8 Å². The molecule has 1 aromatic carbocycles. The molecule has 2 N–H and O–H groups in total. The van der Waals surface area contributed by atoms with E-state index in [1.807, 2.05) is 31.2 Å². The van der Waals surface area contributed by atoms with E-state index in [4.69, 9.17) is 0 Å². The number of benzene rings is 1. The molecule has 0 aliphatic carbocycles. The van der Waals surface area contributed by atoms with E-state index < -0.39 is 15.9 Å². The minimum absolute atomic E-state index is 0.0701. The highest BCUT2D eigenvalue weighted by molar-refractivity contribution is 7.89. The zero-order valence-corrected chi connectivity index (χ0v) is 19.2. The number of nitrogens with one attached hydrogen (secondary N) is 2. The van der Waals surface area contributed by atoms with Crippen molar-refractivity contribution in [3.05, 3.63) is 53.3 Å². The van der Waals surface area contributed by atoms with Gasteiger partial charge in [-0.2, -0.15) is 4.31 Å². The highest BCUT2D eigenvalue weighted by Gasteiger charge is 2.34. The summed E-state index contributed by atoms with van der Waals surface area (Å²) in [5, 5.41) is 2.93. The molecular formula is C23H30N4O4S. The summed E-state index contributed by atoms with van der Waals surface area (Å²) >= 11 is 0. The summed E-state index contributed by atoms with van der Waals surface area (Å²) in [6, 6.07) is 9.35. The molecule has 172 valence electrons. The van der Waals surface area contributed by atoms with E-state index in [2.05, 4.69) is 10.3 Å². The number of aromatic amines is 1. The van der Waals surface area contributed by atoms with Crippen LogP contribution >= 0.6 is 0 Å². The van der Waals surface area contributed by atoms with Crippen molar-refractivity contribution in [3.63, 3.8) is 0 Å². The van der Waals surface area contributed by atoms with E-state index in [-0.39, 0.29) is 28.9 Å². The summed E-state index contributed by atoms with van der Waals surface area (Å²) in [7, 11) is -3.79. The third-order valence-electron chi connectivity index (χ3n) is 6.26. The molecule has 32 heavy (non-hydrogen) atoms. The van der Waals surface area contributed by atoms with Crippen molar-refractivity contribution in [2.45, 2.75) is 44.0 Å². The molecule has 0 bridgehead atoms. The molecule has 2 aliphatic heterocycles. The zero-order valence-electron chi connectivity index (χ0n) is 18.3. The molecule has 0 radical (unpaired) electrons. The summed E-state index contributed by atoms with van der Waals surface area (Å²) in [5.74, 6) is -0.700. The highest BCUT2D eigenvalue weighted by Crippen LogP contribution is 2.25. The van der Waals surface area contributed by atoms with E-state index in [0.29, 0.717) is 39.0 Å². The Morgan fingerprint density at radius 3 is 2.53 bits per heavy atom. The van der Waals surface area contributed by atoms with Crippen molar-refractivity contribution in [2.75, 3.05) is 26.2 Å². The van der Waals surface area contributed by atoms with Crippen LogP contribution in [-0.4, -0.2) is 60.6 Å². The first kappa shape index (κ1) is 22.5. The van der Waals surface area contributed by atoms with E-state index in [1.54, 1.807) is 4.90 Å². The van der Waals surface area contributed by atoms with E-state index >= 15 is 0 Å². The Labute approximate surface area is 189 Å². The predicted octanol–water partition coefficient (Wildman–Crippen LogP) is 2.28. The molecule has 8 nitrogen and oxygen atoms in total. The van der Waals surface area contributed by atoms with Crippen LogP contribution in [0.1, 0.15) is 47.3 Å². The van der Waals surface area contributed by atoms with Gasteiger partial charge in [-0.05, 0) is 44.2 Å². The number of H-pyrrole nitrogens is 1. The van der Waals surface area contributed by atoms with Gasteiger partial charge in [0.15, 0.2) is 0 Å². The van der Waals surface area contributed by atoms with Gasteiger partial charge in [-0.25, -0.2) is 8.42 Å². The van der Waals surface area contributed by atoms with Crippen LogP contribution in [0, 0.1) is 12.8 Å². The minimum atomic E-state index is -3.79. The van der Waals surface area contributed by atoms with Crippen molar-refractivity contribution < 1.29 is 18.0 Å². The molecule has 1 atom stereocenters. The molecule has 2 saturated heterocycles. The normalized spacial score (nSPS) is 19.8. The zero-order chi connectivity index (χ0) is 22.7. The second-order valence-electron chi connectivity index (χ2n) is 8.65. The number of amides is 2. The number of carbonyl (C=O) groups is 2. The monoisotopic (exact) mass is 458 g/mol. The summed E-state index contributed by atoms with van der Waals surface area (Å²) in [6.45, 7) is 4.33. The Morgan fingerprint density at radius 2 is 1.81 bits per heavy atom. The minimum Gasteiger partial charge on any atom is -0.356 e. The Morgan fingerprint density at radius 1 is 1.09 bits per heavy atom. The van der Waals surface area contributed by atoms with Crippen molar-refractivity contribution in [1.82, 2.24) is 19.5 Å². The quantitative estimate of drug-likeness (QED) is 0.693. The average molecular weight is 459 g/mol. The number of sulfonamides is 1. The van der Waals surface area contributed by atoms with Crippen LogP contribution in [0.5, 0.6) is 0 Å². The summed E-state index contributed by atoms with van der Waals surface area (Å²) in [5.41, 5.74) is 2.45. The molecule has 2 amide bonds. The number of likely N-dealkylation sites (tertiary alicyclic amines) is 1. The third kappa shape index (κ3) is 4.88. The van der Waals surface area contributed by atoms with Gasteiger partial charge in [0, 0.05) is 38.9 Å². The fourth-order valence-electron chi connectivity index (χ4n) is 4.30. The molecular weight excluding hydrogens is 428 g/mol. The topological polar surface area (TPSA) is 103 Å². The largest absolute Gasteiger partial charge is 0.356 e. The Hall–Kier alpha value is -2.65. The second-order valence-corrected chi connectivity index (χ2v) is 10.6. The van der Waals surface area contributed by atoms with Gasteiger partial charge in [-0.3, -0.25) is 9.59 Å². The van der Waals surface area contributed by atoms with Crippen LogP contribution < -0.4 is 5.32 Å². The Kier molecular flexibility index (Phi) is 6.66. The molecule has 4 rings (SSSR count). The number of carbonyl (C=O) groups excluding carboxylic acids is 2. The molecule has 0 spiro atoms. The predicted molar refractivity (Wildman–Crippen MR) is 120 cm³/mol. The number of nitrogens with zero attached hydrogens (tertiary/aromatic N) is 2. The maximum absolute atomic E-state index is 13.2. The fourth-order valence-corrected chi connectivity index (χ4v) is 5.82. The first-order chi connectivity index (χ1) is 15.3. The van der Waals surface area contributed by atoms with Gasteiger partial charge < -0.3 is 15.2 Å². The molecule has 9 heteroatoms. The van der Waals surface area contributed by atoms with Gasteiger partial charge in [0.05, 0.1) is 5.92 Å². The number of aryl methyl sites for hydroxylation is 1. The molecule has 3 heterocycles. The molecule has 0 saturated carbocycles. The standard InChI is InChI=1S/C23H30N4O4S/c1-17-6-8-18(9-7-17)14-25-22(28)19-5-4-12-27(16-19)32(30,31)20-13-21(24-15-20)23(29)26-10-2-3-11-26/h6-9,13,15,19,24H,2-5,10-12,14,16H2,1H3,(H,25,28)/t19-/m1/s1. The lowest BCUT2D eigenvalue weighted by molar-refractivity contribution is -0.126. The summed E-state index contributed by atoms with van der Waals surface area (Å²) in [4.78, 5) is 29.9. The van der Waals surface area contributed by atoms with Crippen LogP contribution in [0.25, 0.3) is 0 Å². The van der Waals surface area contributed by atoms with Crippen molar-refractivity contribution in [3.8, 4) is 0 Å². The van der Waals surface area contributed by atoms with Gasteiger partial charge in [0.2, 0.25) is 15.9 Å². The molecule has 2 aliphatic rings. The van der Waals surface area contributed by atoms with Crippen molar-refractivity contribution in [2.24, 2.45) is 5.92 Å². The van der Waals surface area contributed by atoms with E-state index in [0.717, 1.165) is 24.0 Å². The number of hydrogen-bond acceptors (Lipinski definition) is 4. The van der Waals surface area contributed by atoms with Crippen LogP contribution in [0.15, 0.2) is 41.4 Å². The average Bonchev–Trinajstić information content (AvgIpc) is 3.51. The van der Waals surface area contributed by atoms with Gasteiger partial charge >= 0.3 is 0 Å². The highest BCUT2D eigenvalue weighted by atomic mass is 32.2. The Balaban J connectivity index is 1.39. The van der Waals surface area contributed by atoms with Crippen molar-refractivity contribution in [1.29, 1.82) is 0 Å².